The van der Waals surface area contributed by atoms with Crippen LogP contribution in [0.15, 0.2) is 52.3 Å². The van der Waals surface area contributed by atoms with Gasteiger partial charge in [-0.1, -0.05) is 23.4 Å². The number of rotatable bonds is 3. The van der Waals surface area contributed by atoms with Crippen molar-refractivity contribution in [3.05, 3.63) is 53.1 Å². The number of carboxylic acid groups (broad SMARTS) is 1. The summed E-state index contributed by atoms with van der Waals surface area (Å²) in [6.45, 7) is 0. The fourth-order valence-electron chi connectivity index (χ4n) is 1.39. The first kappa shape index (κ1) is 12.8. The van der Waals surface area contributed by atoms with Crippen LogP contribution < -0.4 is 0 Å². The lowest BCUT2D eigenvalue weighted by atomic mass is 10.2. The molecule has 0 radical (unpaired) electrons. The first-order chi connectivity index (χ1) is 8.56. The SMILES string of the molecule is O=C(O)c1cc(Sc2ccc(Cl)cc2)ccc1O. The van der Waals surface area contributed by atoms with Crippen LogP contribution in [0, 0.1) is 0 Å². The lowest BCUT2D eigenvalue weighted by molar-refractivity contribution is 0.0693. The number of halogens is 1. The third-order valence-electron chi connectivity index (χ3n) is 2.25. The minimum absolute atomic E-state index is 0.103. The smallest absolute Gasteiger partial charge is 0.339 e. The van der Waals surface area contributed by atoms with Crippen LogP contribution in [0.5, 0.6) is 5.75 Å². The lowest BCUT2D eigenvalue weighted by Gasteiger charge is -2.04. The molecule has 0 spiro atoms. The Morgan fingerprint density at radius 3 is 2.28 bits per heavy atom. The van der Waals surface area contributed by atoms with Gasteiger partial charge in [-0.25, -0.2) is 4.79 Å². The minimum Gasteiger partial charge on any atom is -0.507 e. The van der Waals surface area contributed by atoms with Gasteiger partial charge in [0.25, 0.3) is 0 Å². The summed E-state index contributed by atoms with van der Waals surface area (Å²) < 4.78 is 0. The molecule has 2 N–H and O–H groups in total. The molecule has 2 aromatic rings. The summed E-state index contributed by atoms with van der Waals surface area (Å²) in [4.78, 5) is 12.6. The fourth-order valence-corrected chi connectivity index (χ4v) is 2.37. The van der Waals surface area contributed by atoms with Gasteiger partial charge < -0.3 is 10.2 Å². The highest BCUT2D eigenvalue weighted by Crippen LogP contribution is 2.31. The number of hydrogen-bond acceptors (Lipinski definition) is 3. The molecule has 0 saturated heterocycles. The van der Waals surface area contributed by atoms with Crippen molar-refractivity contribution in [3.8, 4) is 5.75 Å². The molecule has 0 atom stereocenters. The first-order valence-electron chi connectivity index (χ1n) is 5.06. The summed E-state index contributed by atoms with van der Waals surface area (Å²) in [6.07, 6.45) is 0. The first-order valence-corrected chi connectivity index (χ1v) is 6.25. The molecule has 92 valence electrons. The number of aromatic carboxylic acids is 1. The molecule has 0 aromatic heterocycles. The van der Waals surface area contributed by atoms with E-state index in [9.17, 15) is 9.90 Å². The predicted molar refractivity (Wildman–Crippen MR) is 70.6 cm³/mol. The molecule has 2 rings (SSSR count). The minimum atomic E-state index is -1.15. The molecule has 18 heavy (non-hydrogen) atoms. The molecule has 0 bridgehead atoms. The number of benzene rings is 2. The van der Waals surface area contributed by atoms with Crippen molar-refractivity contribution in [2.75, 3.05) is 0 Å². The second-order valence-electron chi connectivity index (χ2n) is 3.54. The van der Waals surface area contributed by atoms with E-state index in [1.54, 1.807) is 18.2 Å². The van der Waals surface area contributed by atoms with Crippen molar-refractivity contribution < 1.29 is 15.0 Å². The van der Waals surface area contributed by atoms with Crippen LogP contribution in [0.25, 0.3) is 0 Å². The van der Waals surface area contributed by atoms with Gasteiger partial charge in [0.05, 0.1) is 0 Å². The Bertz CT molecular complexity index is 581. The number of carbonyl (C=O) groups is 1. The molecule has 0 fully saturated rings. The zero-order valence-electron chi connectivity index (χ0n) is 9.13. The Morgan fingerprint density at radius 1 is 1.06 bits per heavy atom. The molecule has 0 amide bonds. The van der Waals surface area contributed by atoms with Gasteiger partial charge in [-0.15, -0.1) is 0 Å². The molecular formula is C13H9ClO3S. The highest BCUT2D eigenvalue weighted by molar-refractivity contribution is 7.99. The van der Waals surface area contributed by atoms with Gasteiger partial charge in [0.15, 0.2) is 0 Å². The van der Waals surface area contributed by atoms with Crippen molar-refractivity contribution >= 4 is 29.3 Å². The number of aromatic hydroxyl groups is 1. The Labute approximate surface area is 113 Å². The van der Waals surface area contributed by atoms with Gasteiger partial charge in [-0.2, -0.15) is 0 Å². The Kier molecular flexibility index (Phi) is 3.79. The van der Waals surface area contributed by atoms with Gasteiger partial charge in [-0.3, -0.25) is 0 Å². The number of hydrogen-bond donors (Lipinski definition) is 2. The van der Waals surface area contributed by atoms with Crippen LogP contribution in [0.2, 0.25) is 5.02 Å². The Balaban J connectivity index is 2.27. The largest absolute Gasteiger partial charge is 0.507 e. The van der Waals surface area contributed by atoms with Gasteiger partial charge in [-0.05, 0) is 42.5 Å². The number of phenols is 1. The molecular weight excluding hydrogens is 272 g/mol. The molecule has 5 heteroatoms. The molecule has 0 saturated carbocycles. The summed E-state index contributed by atoms with van der Waals surface area (Å²) in [5, 5.41) is 19.0. The zero-order valence-corrected chi connectivity index (χ0v) is 10.7. The molecule has 0 aliphatic rings. The molecule has 0 heterocycles. The number of carboxylic acids is 1. The van der Waals surface area contributed by atoms with E-state index in [4.69, 9.17) is 16.7 Å². The summed E-state index contributed by atoms with van der Waals surface area (Å²) in [7, 11) is 0. The highest BCUT2D eigenvalue weighted by atomic mass is 35.5. The summed E-state index contributed by atoms with van der Waals surface area (Å²) in [5.74, 6) is -1.38. The summed E-state index contributed by atoms with van der Waals surface area (Å²) in [5.41, 5.74) is -0.103. The highest BCUT2D eigenvalue weighted by Gasteiger charge is 2.10. The third-order valence-corrected chi connectivity index (χ3v) is 3.50. The van der Waals surface area contributed by atoms with Gasteiger partial charge in [0.1, 0.15) is 11.3 Å². The van der Waals surface area contributed by atoms with Crippen molar-refractivity contribution in [2.24, 2.45) is 0 Å². The quantitative estimate of drug-likeness (QED) is 0.895. The Morgan fingerprint density at radius 2 is 1.67 bits per heavy atom. The molecule has 2 aromatic carbocycles. The maximum absolute atomic E-state index is 10.9. The predicted octanol–water partition coefficient (Wildman–Crippen LogP) is 3.90. The van der Waals surface area contributed by atoms with Crippen molar-refractivity contribution in [1.82, 2.24) is 0 Å². The van der Waals surface area contributed by atoms with E-state index in [-0.39, 0.29) is 11.3 Å². The molecule has 3 nitrogen and oxygen atoms in total. The topological polar surface area (TPSA) is 57.5 Å². The maximum atomic E-state index is 10.9. The monoisotopic (exact) mass is 280 g/mol. The van der Waals surface area contributed by atoms with Crippen LogP contribution in [0.3, 0.4) is 0 Å². The standard InChI is InChI=1S/C13H9ClO3S/c14-8-1-3-9(4-2-8)18-10-5-6-12(15)11(7-10)13(16)17/h1-7,15H,(H,16,17). The van der Waals surface area contributed by atoms with E-state index in [1.807, 2.05) is 12.1 Å². The van der Waals surface area contributed by atoms with Crippen LogP contribution in [-0.2, 0) is 0 Å². The maximum Gasteiger partial charge on any atom is 0.339 e. The van der Waals surface area contributed by atoms with Gasteiger partial charge in [0, 0.05) is 14.8 Å². The summed E-state index contributed by atoms with van der Waals surface area (Å²) in [6, 6.07) is 11.7. The average Bonchev–Trinajstić information content (AvgIpc) is 2.34. The van der Waals surface area contributed by atoms with Gasteiger partial charge in [0.2, 0.25) is 0 Å². The van der Waals surface area contributed by atoms with E-state index in [0.29, 0.717) is 5.02 Å². The second kappa shape index (κ2) is 5.33. The molecule has 0 aliphatic carbocycles. The van der Waals surface area contributed by atoms with Crippen LogP contribution >= 0.6 is 23.4 Å². The third kappa shape index (κ3) is 2.97. The molecule has 0 unspecified atom stereocenters. The zero-order chi connectivity index (χ0) is 13.1. The average molecular weight is 281 g/mol. The van der Waals surface area contributed by atoms with Crippen LogP contribution in [-0.4, -0.2) is 16.2 Å². The van der Waals surface area contributed by atoms with Crippen molar-refractivity contribution in [1.29, 1.82) is 0 Å². The van der Waals surface area contributed by atoms with Crippen LogP contribution in [0.1, 0.15) is 10.4 Å². The van der Waals surface area contributed by atoms with Crippen molar-refractivity contribution in [2.45, 2.75) is 9.79 Å². The fraction of sp³-hybridized carbons (Fsp3) is 0. The van der Waals surface area contributed by atoms with E-state index in [2.05, 4.69) is 0 Å². The van der Waals surface area contributed by atoms with E-state index >= 15 is 0 Å². The van der Waals surface area contributed by atoms with E-state index in [0.717, 1.165) is 9.79 Å². The summed E-state index contributed by atoms with van der Waals surface area (Å²) >= 11 is 7.19. The lowest BCUT2D eigenvalue weighted by Crippen LogP contribution is -1.96. The van der Waals surface area contributed by atoms with E-state index in [1.165, 1.54) is 23.9 Å². The van der Waals surface area contributed by atoms with Gasteiger partial charge >= 0.3 is 5.97 Å². The molecule has 0 aliphatic heterocycles. The van der Waals surface area contributed by atoms with Crippen LogP contribution in [0.4, 0.5) is 0 Å². The van der Waals surface area contributed by atoms with Crippen molar-refractivity contribution in [3.63, 3.8) is 0 Å². The normalized spacial score (nSPS) is 10.3. The Hall–Kier alpha value is -1.65. The second-order valence-corrected chi connectivity index (χ2v) is 5.12. The van der Waals surface area contributed by atoms with E-state index < -0.39 is 5.97 Å².